The molecule has 2 aromatic rings. The summed E-state index contributed by atoms with van der Waals surface area (Å²) in [6, 6.07) is 14.2. The number of carbonyl (C=O) groups excluding carboxylic acids is 1. The minimum atomic E-state index is -3.51. The molecule has 1 amide bonds. The maximum atomic E-state index is 12.5. The topological polar surface area (TPSA) is 75.7 Å². The molecule has 0 saturated carbocycles. The summed E-state index contributed by atoms with van der Waals surface area (Å²) in [5.74, 6) is 0.0000757. The van der Waals surface area contributed by atoms with E-state index in [1.165, 1.54) is 4.31 Å². The van der Waals surface area contributed by atoms with Gasteiger partial charge in [-0.3, -0.25) is 9.10 Å². The maximum absolute atomic E-state index is 12.5. The number of hydrogen-bond donors (Lipinski definition) is 1. The molecule has 27 heavy (non-hydrogen) atoms. The maximum Gasteiger partial charge on any atom is 0.263 e. The highest BCUT2D eigenvalue weighted by Gasteiger charge is 2.35. The van der Waals surface area contributed by atoms with Crippen LogP contribution in [0.2, 0.25) is 5.02 Å². The van der Waals surface area contributed by atoms with Crippen LogP contribution in [0.5, 0.6) is 5.75 Å². The van der Waals surface area contributed by atoms with Gasteiger partial charge in [0.25, 0.3) is 5.91 Å². The van der Waals surface area contributed by atoms with Gasteiger partial charge in [0.05, 0.1) is 18.0 Å². The van der Waals surface area contributed by atoms with Gasteiger partial charge in [0, 0.05) is 11.6 Å². The van der Waals surface area contributed by atoms with Crippen molar-refractivity contribution >= 4 is 33.2 Å². The second-order valence-corrected chi connectivity index (χ2v) is 8.79. The molecule has 2 aromatic carbocycles. The number of amides is 1. The lowest BCUT2D eigenvalue weighted by Gasteiger charge is -2.34. The summed E-state index contributed by atoms with van der Waals surface area (Å²) in [7, 11) is -3.51. The van der Waals surface area contributed by atoms with Gasteiger partial charge in [-0.25, -0.2) is 8.42 Å². The molecular formula is C19H21ClN2O4S. The Morgan fingerprint density at radius 3 is 2.63 bits per heavy atom. The summed E-state index contributed by atoms with van der Waals surface area (Å²) in [4.78, 5) is 12.5. The molecule has 0 fully saturated rings. The molecule has 0 radical (unpaired) electrons. The Hall–Kier alpha value is -2.25. The minimum absolute atomic E-state index is 0.0417. The van der Waals surface area contributed by atoms with Crippen LogP contribution in [0.4, 0.5) is 5.69 Å². The smallest absolute Gasteiger partial charge is 0.263 e. The van der Waals surface area contributed by atoms with Crippen LogP contribution >= 0.6 is 11.6 Å². The first-order chi connectivity index (χ1) is 12.9. The van der Waals surface area contributed by atoms with Gasteiger partial charge in [-0.2, -0.15) is 0 Å². The van der Waals surface area contributed by atoms with Crippen molar-refractivity contribution in [1.82, 2.24) is 5.32 Å². The van der Waals surface area contributed by atoms with Crippen LogP contribution in [-0.2, 0) is 21.2 Å². The van der Waals surface area contributed by atoms with Crippen LogP contribution in [0.1, 0.15) is 12.5 Å². The molecule has 0 bridgehead atoms. The third-order valence-electron chi connectivity index (χ3n) is 4.35. The van der Waals surface area contributed by atoms with Crippen molar-refractivity contribution < 1.29 is 17.9 Å². The molecular weight excluding hydrogens is 388 g/mol. The number of benzene rings is 2. The number of rotatable bonds is 6. The molecule has 144 valence electrons. The normalized spacial score (nSPS) is 16.4. The highest BCUT2D eigenvalue weighted by molar-refractivity contribution is 7.92. The summed E-state index contributed by atoms with van der Waals surface area (Å²) in [5, 5.41) is 3.48. The van der Waals surface area contributed by atoms with E-state index < -0.39 is 16.1 Å². The molecule has 1 atom stereocenters. The van der Waals surface area contributed by atoms with Crippen molar-refractivity contribution in [2.45, 2.75) is 19.4 Å². The van der Waals surface area contributed by atoms with E-state index in [4.69, 9.17) is 16.3 Å². The lowest BCUT2D eigenvalue weighted by molar-refractivity contribution is -0.127. The van der Waals surface area contributed by atoms with Gasteiger partial charge in [0.1, 0.15) is 5.75 Å². The van der Waals surface area contributed by atoms with Gasteiger partial charge in [-0.1, -0.05) is 35.9 Å². The van der Waals surface area contributed by atoms with Gasteiger partial charge in [-0.15, -0.1) is 0 Å². The molecule has 0 aliphatic carbocycles. The molecule has 0 aromatic heterocycles. The molecule has 3 rings (SSSR count). The van der Waals surface area contributed by atoms with Crippen LogP contribution in [0.3, 0.4) is 0 Å². The third-order valence-corrected chi connectivity index (χ3v) is 6.35. The monoisotopic (exact) mass is 408 g/mol. The van der Waals surface area contributed by atoms with Crippen molar-refractivity contribution in [3.8, 4) is 5.75 Å². The Bertz CT molecular complexity index is 916. The van der Waals surface area contributed by atoms with Crippen LogP contribution in [0, 0.1) is 0 Å². The summed E-state index contributed by atoms with van der Waals surface area (Å²) in [5.41, 5.74) is 1.51. The Kier molecular flexibility index (Phi) is 5.92. The first-order valence-corrected chi connectivity index (χ1v) is 10.7. The summed E-state index contributed by atoms with van der Waals surface area (Å²) >= 11 is 5.86. The van der Waals surface area contributed by atoms with E-state index in [1.54, 1.807) is 43.3 Å². The molecule has 6 nitrogen and oxygen atoms in total. The molecule has 1 aliphatic rings. The van der Waals surface area contributed by atoms with E-state index >= 15 is 0 Å². The van der Waals surface area contributed by atoms with E-state index in [0.29, 0.717) is 29.4 Å². The van der Waals surface area contributed by atoms with E-state index in [-0.39, 0.29) is 18.2 Å². The van der Waals surface area contributed by atoms with E-state index in [1.807, 2.05) is 12.1 Å². The molecule has 8 heteroatoms. The van der Waals surface area contributed by atoms with Crippen molar-refractivity contribution in [1.29, 1.82) is 0 Å². The van der Waals surface area contributed by atoms with E-state index in [2.05, 4.69) is 5.32 Å². The fraction of sp³-hybridized carbons (Fsp3) is 0.316. The molecule has 0 saturated heterocycles. The fourth-order valence-electron chi connectivity index (χ4n) is 2.85. The van der Waals surface area contributed by atoms with Crippen LogP contribution in [0.25, 0.3) is 0 Å². The number of anilines is 1. The molecule has 1 N–H and O–H groups in total. The van der Waals surface area contributed by atoms with Crippen molar-refractivity contribution in [2.75, 3.05) is 23.1 Å². The number of nitrogens with one attached hydrogen (secondary N) is 1. The van der Waals surface area contributed by atoms with Crippen LogP contribution in [-0.4, -0.2) is 39.3 Å². The summed E-state index contributed by atoms with van der Waals surface area (Å²) < 4.78 is 31.9. The second kappa shape index (κ2) is 8.19. The number of fused-ring (bicyclic) bond motifs is 1. The third kappa shape index (κ3) is 4.54. The standard InChI is InChI=1S/C19H21ClN2O4S/c1-2-27(24,25)22-13-18(26-17-6-4-3-5-16(17)22)19(23)21-12-11-14-7-9-15(20)10-8-14/h3-10,18H,2,11-13H2,1H3,(H,21,23). The number of nitrogens with zero attached hydrogens (tertiary/aromatic N) is 1. The van der Waals surface area contributed by atoms with Gasteiger partial charge in [-0.05, 0) is 43.2 Å². The van der Waals surface area contributed by atoms with Crippen molar-refractivity contribution in [3.05, 3.63) is 59.1 Å². The second-order valence-electron chi connectivity index (χ2n) is 6.17. The lowest BCUT2D eigenvalue weighted by Crippen LogP contribution is -2.51. The number of sulfonamides is 1. The minimum Gasteiger partial charge on any atom is -0.476 e. The summed E-state index contributed by atoms with van der Waals surface area (Å²) in [6.45, 7) is 1.96. The predicted octanol–water partition coefficient (Wildman–Crippen LogP) is 2.62. The zero-order chi connectivity index (χ0) is 19.4. The number of carbonyl (C=O) groups is 1. The van der Waals surface area contributed by atoms with Crippen molar-refractivity contribution in [3.63, 3.8) is 0 Å². The van der Waals surface area contributed by atoms with Gasteiger partial charge in [0.2, 0.25) is 10.0 Å². The highest BCUT2D eigenvalue weighted by Crippen LogP contribution is 2.35. The first kappa shape index (κ1) is 19.5. The van der Waals surface area contributed by atoms with E-state index in [0.717, 1.165) is 5.56 Å². The van der Waals surface area contributed by atoms with Crippen molar-refractivity contribution in [2.24, 2.45) is 0 Å². The average molecular weight is 409 g/mol. The predicted molar refractivity (Wildman–Crippen MR) is 106 cm³/mol. The molecule has 1 unspecified atom stereocenters. The SMILES string of the molecule is CCS(=O)(=O)N1CC(C(=O)NCCc2ccc(Cl)cc2)Oc2ccccc21. The van der Waals surface area contributed by atoms with E-state index in [9.17, 15) is 13.2 Å². The van der Waals surface area contributed by atoms with Gasteiger partial charge < -0.3 is 10.1 Å². The number of para-hydroxylation sites is 2. The first-order valence-electron chi connectivity index (χ1n) is 8.69. The largest absolute Gasteiger partial charge is 0.476 e. The molecule has 1 aliphatic heterocycles. The van der Waals surface area contributed by atoms with Gasteiger partial charge >= 0.3 is 0 Å². The Balaban J connectivity index is 1.67. The number of ether oxygens (including phenoxy) is 1. The molecule has 0 spiro atoms. The average Bonchev–Trinajstić information content (AvgIpc) is 2.68. The lowest BCUT2D eigenvalue weighted by atomic mass is 10.1. The Labute approximate surface area is 164 Å². The van der Waals surface area contributed by atoms with Crippen LogP contribution < -0.4 is 14.4 Å². The summed E-state index contributed by atoms with van der Waals surface area (Å²) in [6.07, 6.45) is -0.255. The zero-order valence-electron chi connectivity index (χ0n) is 14.9. The zero-order valence-corrected chi connectivity index (χ0v) is 16.5. The Morgan fingerprint density at radius 1 is 1.22 bits per heavy atom. The number of hydrogen-bond acceptors (Lipinski definition) is 4. The fourth-order valence-corrected chi connectivity index (χ4v) is 4.10. The Morgan fingerprint density at radius 2 is 1.93 bits per heavy atom. The van der Waals surface area contributed by atoms with Crippen LogP contribution in [0.15, 0.2) is 48.5 Å². The quantitative estimate of drug-likeness (QED) is 0.797. The molecule has 1 heterocycles. The number of halogens is 1. The highest BCUT2D eigenvalue weighted by atomic mass is 35.5. The van der Waals surface area contributed by atoms with Gasteiger partial charge in [0.15, 0.2) is 6.10 Å².